The number of carbonyl (C=O) groups excluding carboxylic acids is 1. The standard InChI is InChI=1S/C15H20N2O3/c18-15(16-9-12-5-3-7-19-12)17-10-13-8-11-4-1-2-6-14(11)20-13/h1-2,4,6,12-13H,3,5,7-10H2,(H2,16,17,18)/t12-,13+/m1/s1. The Labute approximate surface area is 118 Å². The molecule has 0 bridgehead atoms. The van der Waals surface area contributed by atoms with Crippen LogP contribution in [0.4, 0.5) is 4.79 Å². The van der Waals surface area contributed by atoms with Crippen LogP contribution in [0.5, 0.6) is 5.75 Å². The van der Waals surface area contributed by atoms with Crippen molar-refractivity contribution < 1.29 is 14.3 Å². The van der Waals surface area contributed by atoms with Crippen LogP contribution in [0.1, 0.15) is 18.4 Å². The minimum absolute atomic E-state index is 0.0286. The largest absolute Gasteiger partial charge is 0.488 e. The van der Waals surface area contributed by atoms with Crippen LogP contribution in [0.15, 0.2) is 24.3 Å². The Morgan fingerprint density at radius 3 is 2.75 bits per heavy atom. The number of para-hydroxylation sites is 1. The van der Waals surface area contributed by atoms with Crippen LogP contribution < -0.4 is 15.4 Å². The summed E-state index contributed by atoms with van der Waals surface area (Å²) in [6.45, 7) is 1.91. The fraction of sp³-hybridized carbons (Fsp3) is 0.533. The van der Waals surface area contributed by atoms with E-state index in [0.29, 0.717) is 13.1 Å². The Balaban J connectivity index is 1.36. The van der Waals surface area contributed by atoms with Gasteiger partial charge in [0.2, 0.25) is 0 Å². The molecule has 20 heavy (non-hydrogen) atoms. The van der Waals surface area contributed by atoms with Gasteiger partial charge in [-0.05, 0) is 24.5 Å². The van der Waals surface area contributed by atoms with Crippen LogP contribution in [0.3, 0.4) is 0 Å². The molecule has 2 aliphatic heterocycles. The van der Waals surface area contributed by atoms with Crippen molar-refractivity contribution >= 4 is 6.03 Å². The molecule has 2 N–H and O–H groups in total. The molecule has 2 aliphatic rings. The van der Waals surface area contributed by atoms with Gasteiger partial charge in [-0.3, -0.25) is 0 Å². The van der Waals surface area contributed by atoms with E-state index in [1.807, 2.05) is 18.2 Å². The highest BCUT2D eigenvalue weighted by atomic mass is 16.5. The Morgan fingerprint density at radius 2 is 2.00 bits per heavy atom. The normalized spacial score (nSPS) is 24.0. The van der Waals surface area contributed by atoms with E-state index in [1.165, 1.54) is 5.56 Å². The lowest BCUT2D eigenvalue weighted by molar-refractivity contribution is 0.111. The highest BCUT2D eigenvalue weighted by molar-refractivity contribution is 5.73. The molecule has 3 rings (SSSR count). The molecule has 0 saturated carbocycles. The first-order valence-corrected chi connectivity index (χ1v) is 7.19. The van der Waals surface area contributed by atoms with E-state index < -0.39 is 0 Å². The Bertz CT molecular complexity index is 447. The van der Waals surface area contributed by atoms with Gasteiger partial charge in [0.1, 0.15) is 11.9 Å². The zero-order valence-electron chi connectivity index (χ0n) is 11.4. The number of benzene rings is 1. The van der Waals surface area contributed by atoms with Gasteiger partial charge in [0, 0.05) is 19.6 Å². The van der Waals surface area contributed by atoms with Gasteiger partial charge in [-0.15, -0.1) is 0 Å². The summed E-state index contributed by atoms with van der Waals surface area (Å²) in [5, 5.41) is 5.69. The minimum Gasteiger partial charge on any atom is -0.488 e. The summed E-state index contributed by atoms with van der Waals surface area (Å²) in [5.41, 5.74) is 1.21. The van der Waals surface area contributed by atoms with Gasteiger partial charge >= 0.3 is 6.03 Å². The van der Waals surface area contributed by atoms with Crippen molar-refractivity contribution in [3.8, 4) is 5.75 Å². The third kappa shape index (κ3) is 3.22. The zero-order chi connectivity index (χ0) is 13.8. The molecular formula is C15H20N2O3. The summed E-state index contributed by atoms with van der Waals surface area (Å²) >= 11 is 0. The predicted molar refractivity (Wildman–Crippen MR) is 74.9 cm³/mol. The van der Waals surface area contributed by atoms with Crippen LogP contribution in [0.2, 0.25) is 0 Å². The summed E-state index contributed by atoms with van der Waals surface area (Å²) in [6, 6.07) is 7.84. The van der Waals surface area contributed by atoms with Crippen LogP contribution in [0.25, 0.3) is 0 Å². The van der Waals surface area contributed by atoms with Gasteiger partial charge < -0.3 is 20.1 Å². The van der Waals surface area contributed by atoms with E-state index in [4.69, 9.17) is 9.47 Å². The van der Waals surface area contributed by atoms with Crippen molar-refractivity contribution in [3.05, 3.63) is 29.8 Å². The Morgan fingerprint density at radius 1 is 1.20 bits per heavy atom. The molecule has 108 valence electrons. The third-order valence-corrected chi connectivity index (χ3v) is 3.72. The molecular weight excluding hydrogens is 256 g/mol. The number of nitrogens with one attached hydrogen (secondary N) is 2. The first-order valence-electron chi connectivity index (χ1n) is 7.19. The van der Waals surface area contributed by atoms with Gasteiger partial charge in [-0.25, -0.2) is 4.79 Å². The zero-order valence-corrected chi connectivity index (χ0v) is 11.4. The van der Waals surface area contributed by atoms with Gasteiger partial charge in [0.25, 0.3) is 0 Å². The van der Waals surface area contributed by atoms with Crippen molar-refractivity contribution in [3.63, 3.8) is 0 Å². The molecule has 5 heteroatoms. The van der Waals surface area contributed by atoms with Crippen molar-refractivity contribution in [2.45, 2.75) is 31.5 Å². The molecule has 0 spiro atoms. The van der Waals surface area contributed by atoms with Gasteiger partial charge in [-0.1, -0.05) is 18.2 Å². The van der Waals surface area contributed by atoms with Crippen molar-refractivity contribution in [1.29, 1.82) is 0 Å². The number of carbonyl (C=O) groups is 1. The van der Waals surface area contributed by atoms with E-state index in [1.54, 1.807) is 0 Å². The number of rotatable bonds is 4. The van der Waals surface area contributed by atoms with Gasteiger partial charge in [-0.2, -0.15) is 0 Å². The van der Waals surface area contributed by atoms with Crippen LogP contribution in [-0.4, -0.2) is 37.9 Å². The second-order valence-electron chi connectivity index (χ2n) is 5.28. The topological polar surface area (TPSA) is 59.6 Å². The monoisotopic (exact) mass is 276 g/mol. The number of fused-ring (bicyclic) bond motifs is 1. The SMILES string of the molecule is O=C(NC[C@H]1CCCO1)NC[C@@H]1Cc2ccccc2O1. The van der Waals surface area contributed by atoms with Gasteiger partial charge in [0.15, 0.2) is 0 Å². The molecule has 1 saturated heterocycles. The first kappa shape index (κ1) is 13.2. The van der Waals surface area contributed by atoms with Crippen molar-refractivity contribution in [2.24, 2.45) is 0 Å². The molecule has 0 aliphatic carbocycles. The maximum Gasteiger partial charge on any atom is 0.315 e. The van der Waals surface area contributed by atoms with E-state index in [-0.39, 0.29) is 18.2 Å². The number of ether oxygens (including phenoxy) is 2. The number of urea groups is 1. The molecule has 0 aromatic heterocycles. The third-order valence-electron chi connectivity index (χ3n) is 3.72. The van der Waals surface area contributed by atoms with Crippen molar-refractivity contribution in [2.75, 3.05) is 19.7 Å². The number of hydrogen-bond acceptors (Lipinski definition) is 3. The number of amides is 2. The highest BCUT2D eigenvalue weighted by Gasteiger charge is 2.23. The summed E-state index contributed by atoms with van der Waals surface area (Å²) in [5.74, 6) is 0.930. The van der Waals surface area contributed by atoms with Crippen LogP contribution in [0, 0.1) is 0 Å². The molecule has 0 radical (unpaired) electrons. The van der Waals surface area contributed by atoms with Gasteiger partial charge in [0.05, 0.1) is 12.6 Å². The fourth-order valence-corrected chi connectivity index (χ4v) is 2.65. The van der Waals surface area contributed by atoms with Crippen LogP contribution in [-0.2, 0) is 11.2 Å². The maximum absolute atomic E-state index is 11.7. The van der Waals surface area contributed by atoms with E-state index in [9.17, 15) is 4.79 Å². The summed E-state index contributed by atoms with van der Waals surface area (Å²) in [4.78, 5) is 11.7. The summed E-state index contributed by atoms with van der Waals surface area (Å²) < 4.78 is 11.2. The summed E-state index contributed by atoms with van der Waals surface area (Å²) in [7, 11) is 0. The average molecular weight is 276 g/mol. The van der Waals surface area contributed by atoms with Crippen LogP contribution >= 0.6 is 0 Å². The lowest BCUT2D eigenvalue weighted by atomic mass is 10.1. The molecule has 2 amide bonds. The molecule has 0 unspecified atom stereocenters. The minimum atomic E-state index is -0.153. The van der Waals surface area contributed by atoms with E-state index in [0.717, 1.165) is 31.6 Å². The fourth-order valence-electron chi connectivity index (χ4n) is 2.65. The molecule has 5 nitrogen and oxygen atoms in total. The average Bonchev–Trinajstić information content (AvgIpc) is 3.11. The van der Waals surface area contributed by atoms with Crippen molar-refractivity contribution in [1.82, 2.24) is 10.6 Å². The number of hydrogen-bond donors (Lipinski definition) is 2. The predicted octanol–water partition coefficient (Wildman–Crippen LogP) is 1.47. The Hall–Kier alpha value is -1.75. The first-order chi connectivity index (χ1) is 9.81. The highest BCUT2D eigenvalue weighted by Crippen LogP contribution is 2.27. The summed E-state index contributed by atoms with van der Waals surface area (Å²) in [6.07, 6.45) is 3.17. The second kappa shape index (κ2) is 6.13. The van der Waals surface area contributed by atoms with E-state index >= 15 is 0 Å². The Kier molecular flexibility index (Phi) is 4.06. The maximum atomic E-state index is 11.7. The smallest absolute Gasteiger partial charge is 0.315 e. The quantitative estimate of drug-likeness (QED) is 0.875. The molecule has 2 atom stereocenters. The van der Waals surface area contributed by atoms with E-state index in [2.05, 4.69) is 16.7 Å². The lowest BCUT2D eigenvalue weighted by Gasteiger charge is -2.14. The molecule has 1 aromatic rings. The lowest BCUT2D eigenvalue weighted by Crippen LogP contribution is -2.43. The molecule has 2 heterocycles. The molecule has 1 aromatic carbocycles. The molecule has 1 fully saturated rings. The second-order valence-corrected chi connectivity index (χ2v) is 5.28.